The highest BCUT2D eigenvalue weighted by Crippen LogP contribution is 2.29. The summed E-state index contributed by atoms with van der Waals surface area (Å²) in [7, 11) is 0. The molecule has 0 aliphatic heterocycles. The van der Waals surface area contributed by atoms with Gasteiger partial charge in [0, 0.05) is 0 Å². The fraction of sp³-hybridized carbons (Fsp3) is 0.857. The van der Waals surface area contributed by atoms with Gasteiger partial charge in [-0.25, -0.2) is 0 Å². The molecule has 0 aromatic carbocycles. The van der Waals surface area contributed by atoms with Crippen molar-refractivity contribution in [3.63, 3.8) is 0 Å². The van der Waals surface area contributed by atoms with Gasteiger partial charge in [0.05, 0.1) is 12.1 Å². The van der Waals surface area contributed by atoms with E-state index < -0.39 is 17.8 Å². The minimum absolute atomic E-state index is 0.804. The summed E-state index contributed by atoms with van der Waals surface area (Å²) in [6, 6.07) is 0.878. The van der Waals surface area contributed by atoms with Crippen LogP contribution in [-0.4, -0.2) is 17.8 Å². The maximum absolute atomic E-state index is 12.2. The highest BCUT2D eigenvalue weighted by molar-refractivity contribution is 4.95. The Hall–Kier alpha value is -0.760. The van der Waals surface area contributed by atoms with Gasteiger partial charge in [-0.1, -0.05) is 0 Å². The maximum Gasteiger partial charge on any atom is 0.406 e. The third-order valence-corrected chi connectivity index (χ3v) is 1.48. The molecule has 0 spiro atoms. The van der Waals surface area contributed by atoms with E-state index in [1.54, 1.807) is 6.07 Å². The number of alkyl halides is 3. The first-order valence-electron chi connectivity index (χ1n) is 3.45. The maximum atomic E-state index is 12.2. The summed E-state index contributed by atoms with van der Waals surface area (Å²) in [6.45, 7) is 3.38. The molecule has 5 heteroatoms. The SMILES string of the molecule is CC(C#N)NC(C)(C)C(F)(F)F. The van der Waals surface area contributed by atoms with Crippen LogP contribution in [0.3, 0.4) is 0 Å². The van der Waals surface area contributed by atoms with Crippen LogP contribution >= 0.6 is 0 Å². The number of hydrogen-bond acceptors (Lipinski definition) is 2. The molecule has 0 saturated carbocycles. The van der Waals surface area contributed by atoms with E-state index in [1.807, 2.05) is 0 Å². The Morgan fingerprint density at radius 1 is 1.33 bits per heavy atom. The molecule has 1 N–H and O–H groups in total. The van der Waals surface area contributed by atoms with Gasteiger partial charge in [-0.05, 0) is 20.8 Å². The average Bonchev–Trinajstić information content (AvgIpc) is 1.84. The number of rotatable bonds is 2. The summed E-state index contributed by atoms with van der Waals surface area (Å²) in [5.41, 5.74) is -2.01. The summed E-state index contributed by atoms with van der Waals surface area (Å²) in [5, 5.41) is 10.4. The number of halogens is 3. The minimum Gasteiger partial charge on any atom is -0.289 e. The lowest BCUT2D eigenvalue weighted by molar-refractivity contribution is -0.186. The molecule has 0 aromatic rings. The molecule has 0 aliphatic carbocycles. The monoisotopic (exact) mass is 180 g/mol. The topological polar surface area (TPSA) is 35.8 Å². The first-order chi connectivity index (χ1) is 5.20. The smallest absolute Gasteiger partial charge is 0.289 e. The summed E-state index contributed by atoms with van der Waals surface area (Å²) in [6.07, 6.45) is -4.34. The zero-order valence-corrected chi connectivity index (χ0v) is 7.16. The van der Waals surface area contributed by atoms with E-state index in [2.05, 4.69) is 5.32 Å². The second-order valence-electron chi connectivity index (χ2n) is 3.12. The lowest BCUT2D eigenvalue weighted by Crippen LogP contribution is -2.54. The van der Waals surface area contributed by atoms with Crippen LogP contribution in [0, 0.1) is 11.3 Å². The van der Waals surface area contributed by atoms with E-state index in [0.717, 1.165) is 13.8 Å². The van der Waals surface area contributed by atoms with Crippen molar-refractivity contribution < 1.29 is 13.2 Å². The summed E-state index contributed by atoms with van der Waals surface area (Å²) in [5.74, 6) is 0. The van der Waals surface area contributed by atoms with E-state index in [4.69, 9.17) is 5.26 Å². The number of nitriles is 1. The predicted octanol–water partition coefficient (Wildman–Crippen LogP) is 1.83. The summed E-state index contributed by atoms with van der Waals surface area (Å²) >= 11 is 0. The average molecular weight is 180 g/mol. The first-order valence-corrected chi connectivity index (χ1v) is 3.45. The third-order valence-electron chi connectivity index (χ3n) is 1.48. The molecule has 0 aliphatic rings. The lowest BCUT2D eigenvalue weighted by Gasteiger charge is -2.30. The number of nitrogens with zero attached hydrogens (tertiary/aromatic N) is 1. The molecular formula is C7H11F3N2. The normalized spacial score (nSPS) is 15.4. The zero-order chi connectivity index (χ0) is 9.99. The predicted molar refractivity (Wildman–Crippen MR) is 38.3 cm³/mol. The van der Waals surface area contributed by atoms with Crippen LogP contribution in [-0.2, 0) is 0 Å². The van der Waals surface area contributed by atoms with Crippen LogP contribution < -0.4 is 5.32 Å². The van der Waals surface area contributed by atoms with E-state index in [0.29, 0.717) is 0 Å². The standard InChI is InChI=1S/C7H11F3N2/c1-5(4-11)12-6(2,3)7(8,9)10/h5,12H,1-3H3. The minimum atomic E-state index is -4.34. The van der Waals surface area contributed by atoms with Crippen LogP contribution in [0.5, 0.6) is 0 Å². The summed E-state index contributed by atoms with van der Waals surface area (Å²) in [4.78, 5) is 0. The van der Waals surface area contributed by atoms with Crippen LogP contribution in [0.4, 0.5) is 13.2 Å². The largest absolute Gasteiger partial charge is 0.406 e. The molecule has 0 bridgehead atoms. The highest BCUT2D eigenvalue weighted by Gasteiger charge is 2.47. The molecule has 2 nitrogen and oxygen atoms in total. The fourth-order valence-electron chi connectivity index (χ4n) is 0.655. The van der Waals surface area contributed by atoms with Gasteiger partial charge in [0.2, 0.25) is 0 Å². The fourth-order valence-corrected chi connectivity index (χ4v) is 0.655. The van der Waals surface area contributed by atoms with Gasteiger partial charge >= 0.3 is 6.18 Å². The molecule has 12 heavy (non-hydrogen) atoms. The van der Waals surface area contributed by atoms with Crippen molar-refractivity contribution in [3.8, 4) is 6.07 Å². The van der Waals surface area contributed by atoms with Crippen molar-refractivity contribution in [3.05, 3.63) is 0 Å². The quantitative estimate of drug-likeness (QED) is 0.703. The Labute approximate surface area is 69.4 Å². The Morgan fingerprint density at radius 2 is 1.75 bits per heavy atom. The Kier molecular flexibility index (Phi) is 3.10. The van der Waals surface area contributed by atoms with E-state index in [-0.39, 0.29) is 0 Å². The Morgan fingerprint density at radius 3 is 2.00 bits per heavy atom. The molecule has 0 amide bonds. The third kappa shape index (κ3) is 2.70. The second-order valence-corrected chi connectivity index (χ2v) is 3.12. The van der Waals surface area contributed by atoms with Crippen LogP contribution in [0.15, 0.2) is 0 Å². The molecule has 0 rings (SSSR count). The van der Waals surface area contributed by atoms with Crippen molar-refractivity contribution >= 4 is 0 Å². The van der Waals surface area contributed by atoms with Crippen LogP contribution in [0.2, 0.25) is 0 Å². The number of hydrogen-bond donors (Lipinski definition) is 1. The van der Waals surface area contributed by atoms with Gasteiger partial charge in [-0.2, -0.15) is 18.4 Å². The molecule has 0 saturated heterocycles. The summed E-state index contributed by atoms with van der Waals surface area (Å²) < 4.78 is 36.5. The van der Waals surface area contributed by atoms with Crippen molar-refractivity contribution in [2.45, 2.75) is 38.5 Å². The number of nitrogens with one attached hydrogen (secondary N) is 1. The molecule has 0 radical (unpaired) electrons. The molecule has 1 unspecified atom stereocenters. The Bertz CT molecular complexity index is 190. The highest BCUT2D eigenvalue weighted by atomic mass is 19.4. The first kappa shape index (κ1) is 11.2. The Balaban J connectivity index is 4.35. The van der Waals surface area contributed by atoms with Gasteiger partial charge in [0.1, 0.15) is 5.54 Å². The molecular weight excluding hydrogens is 169 g/mol. The van der Waals surface area contributed by atoms with Gasteiger partial charge in [-0.15, -0.1) is 0 Å². The van der Waals surface area contributed by atoms with Gasteiger partial charge < -0.3 is 0 Å². The molecule has 70 valence electrons. The van der Waals surface area contributed by atoms with Gasteiger partial charge in [0.25, 0.3) is 0 Å². The van der Waals surface area contributed by atoms with Crippen LogP contribution in [0.1, 0.15) is 20.8 Å². The molecule has 0 heterocycles. The second kappa shape index (κ2) is 3.31. The van der Waals surface area contributed by atoms with E-state index in [1.165, 1.54) is 6.92 Å². The van der Waals surface area contributed by atoms with Gasteiger partial charge in [-0.3, -0.25) is 5.32 Å². The van der Waals surface area contributed by atoms with E-state index in [9.17, 15) is 13.2 Å². The van der Waals surface area contributed by atoms with Crippen molar-refractivity contribution in [2.75, 3.05) is 0 Å². The molecule has 1 atom stereocenters. The van der Waals surface area contributed by atoms with Crippen LogP contribution in [0.25, 0.3) is 0 Å². The molecule has 0 fully saturated rings. The van der Waals surface area contributed by atoms with Gasteiger partial charge in [0.15, 0.2) is 0 Å². The molecule has 0 aromatic heterocycles. The van der Waals surface area contributed by atoms with Crippen molar-refractivity contribution in [1.82, 2.24) is 5.32 Å². The van der Waals surface area contributed by atoms with Crippen molar-refractivity contribution in [1.29, 1.82) is 5.26 Å². The zero-order valence-electron chi connectivity index (χ0n) is 7.16. The van der Waals surface area contributed by atoms with Crippen molar-refractivity contribution in [2.24, 2.45) is 0 Å². The lowest BCUT2D eigenvalue weighted by atomic mass is 10.0. The van der Waals surface area contributed by atoms with E-state index >= 15 is 0 Å².